The predicted molar refractivity (Wildman–Crippen MR) is 53.0 cm³/mol. The normalized spacial score (nSPS) is 24.4. The molecular formula is C8H9F3N6. The molecule has 6 N–H and O–H groups in total. The van der Waals surface area contributed by atoms with Crippen LogP contribution in [0.4, 0.5) is 13.2 Å². The Balaban J connectivity index is 2.41. The van der Waals surface area contributed by atoms with Gasteiger partial charge in [0.15, 0.2) is 0 Å². The van der Waals surface area contributed by atoms with Crippen molar-refractivity contribution in [1.82, 2.24) is 15.8 Å². The molecule has 0 aromatic carbocycles. The zero-order chi connectivity index (χ0) is 12.7. The molecule has 0 bridgehead atoms. The molecule has 1 aliphatic heterocycles. The van der Waals surface area contributed by atoms with Crippen molar-refractivity contribution in [3.05, 3.63) is 29.6 Å². The van der Waals surface area contributed by atoms with Crippen molar-refractivity contribution >= 4 is 5.96 Å². The van der Waals surface area contributed by atoms with Gasteiger partial charge in [0.2, 0.25) is 11.7 Å². The molecule has 1 aliphatic rings. The maximum absolute atomic E-state index is 12.5. The van der Waals surface area contributed by atoms with Crippen LogP contribution in [0.1, 0.15) is 11.3 Å². The highest BCUT2D eigenvalue weighted by molar-refractivity contribution is 5.79. The molecule has 0 spiro atoms. The monoisotopic (exact) mass is 246 g/mol. The minimum Gasteiger partial charge on any atom is -0.369 e. The minimum absolute atomic E-state index is 0.0216. The topological polar surface area (TPSA) is 101 Å². The Hall–Kier alpha value is -1.87. The molecule has 1 unspecified atom stereocenters. The summed E-state index contributed by atoms with van der Waals surface area (Å²) in [5.74, 6) is -1.61. The SMILES string of the molecule is NC1=NC(N)(c2cc(C(F)(F)F)ccn2)NN1. The number of nitrogens with one attached hydrogen (secondary N) is 2. The summed E-state index contributed by atoms with van der Waals surface area (Å²) in [6.07, 6.45) is -3.45. The lowest BCUT2D eigenvalue weighted by atomic mass is 10.1. The van der Waals surface area contributed by atoms with Gasteiger partial charge in [-0.15, -0.1) is 0 Å². The van der Waals surface area contributed by atoms with E-state index in [4.69, 9.17) is 11.5 Å². The van der Waals surface area contributed by atoms with Crippen LogP contribution in [0.25, 0.3) is 0 Å². The predicted octanol–water partition coefficient (Wildman–Crippen LogP) is -0.408. The highest BCUT2D eigenvalue weighted by Crippen LogP contribution is 2.30. The van der Waals surface area contributed by atoms with E-state index in [1.54, 1.807) is 0 Å². The molecule has 1 atom stereocenters. The van der Waals surface area contributed by atoms with Crippen LogP contribution in [0.5, 0.6) is 0 Å². The van der Waals surface area contributed by atoms with Gasteiger partial charge in [0.05, 0.1) is 5.56 Å². The van der Waals surface area contributed by atoms with Crippen molar-refractivity contribution in [1.29, 1.82) is 0 Å². The van der Waals surface area contributed by atoms with Crippen LogP contribution in [0.2, 0.25) is 0 Å². The summed E-state index contributed by atoms with van der Waals surface area (Å²) >= 11 is 0. The second-order valence-corrected chi connectivity index (χ2v) is 3.44. The smallest absolute Gasteiger partial charge is 0.369 e. The fourth-order valence-corrected chi connectivity index (χ4v) is 1.34. The van der Waals surface area contributed by atoms with Crippen molar-refractivity contribution in [2.24, 2.45) is 16.5 Å². The van der Waals surface area contributed by atoms with Crippen molar-refractivity contribution in [3.63, 3.8) is 0 Å². The Labute approximate surface area is 93.9 Å². The van der Waals surface area contributed by atoms with E-state index in [-0.39, 0.29) is 11.7 Å². The number of hydrazine groups is 1. The van der Waals surface area contributed by atoms with Crippen molar-refractivity contribution in [2.75, 3.05) is 0 Å². The second-order valence-electron chi connectivity index (χ2n) is 3.44. The van der Waals surface area contributed by atoms with E-state index in [0.29, 0.717) is 0 Å². The molecule has 1 aromatic rings. The summed E-state index contributed by atoms with van der Waals surface area (Å²) in [6.45, 7) is 0. The zero-order valence-electron chi connectivity index (χ0n) is 8.42. The first-order valence-corrected chi connectivity index (χ1v) is 4.52. The second kappa shape index (κ2) is 3.57. The number of rotatable bonds is 1. The average molecular weight is 246 g/mol. The average Bonchev–Trinajstić information content (AvgIpc) is 2.59. The summed E-state index contributed by atoms with van der Waals surface area (Å²) in [7, 11) is 0. The highest BCUT2D eigenvalue weighted by atomic mass is 19.4. The number of alkyl halides is 3. The largest absolute Gasteiger partial charge is 0.416 e. The van der Waals surface area contributed by atoms with Gasteiger partial charge in [-0.3, -0.25) is 16.1 Å². The maximum Gasteiger partial charge on any atom is 0.416 e. The standard InChI is InChI=1S/C8H9F3N6/c9-7(10,11)4-1-2-14-5(3-4)8(13)15-6(12)16-17-8/h1-3,17H,13H2,(H3,12,15,16). The molecule has 2 heterocycles. The molecule has 92 valence electrons. The maximum atomic E-state index is 12.5. The van der Waals surface area contributed by atoms with Gasteiger partial charge in [0, 0.05) is 6.20 Å². The molecule has 0 saturated heterocycles. The van der Waals surface area contributed by atoms with Gasteiger partial charge in [0.25, 0.3) is 0 Å². The van der Waals surface area contributed by atoms with Crippen LogP contribution in [0.15, 0.2) is 23.3 Å². The lowest BCUT2D eigenvalue weighted by Gasteiger charge is -2.20. The first-order valence-electron chi connectivity index (χ1n) is 4.52. The summed E-state index contributed by atoms with van der Waals surface area (Å²) in [5.41, 5.74) is 14.9. The number of nitrogens with two attached hydrogens (primary N) is 2. The van der Waals surface area contributed by atoms with Crippen LogP contribution in [-0.4, -0.2) is 10.9 Å². The first-order chi connectivity index (χ1) is 7.81. The summed E-state index contributed by atoms with van der Waals surface area (Å²) in [4.78, 5) is 7.48. The number of guanidine groups is 1. The Bertz CT molecular complexity index is 471. The number of hydrogen-bond acceptors (Lipinski definition) is 6. The molecule has 9 heteroatoms. The number of nitrogens with zero attached hydrogens (tertiary/aromatic N) is 2. The van der Waals surface area contributed by atoms with Gasteiger partial charge >= 0.3 is 6.18 Å². The molecule has 0 aliphatic carbocycles. The quantitative estimate of drug-likeness (QED) is 0.539. The molecule has 0 radical (unpaired) electrons. The summed E-state index contributed by atoms with van der Waals surface area (Å²) < 4.78 is 37.5. The van der Waals surface area contributed by atoms with Crippen LogP contribution in [0.3, 0.4) is 0 Å². The Morgan fingerprint density at radius 2 is 2.06 bits per heavy atom. The van der Waals surface area contributed by atoms with E-state index in [0.717, 1.165) is 18.3 Å². The van der Waals surface area contributed by atoms with Gasteiger partial charge in [-0.05, 0) is 12.1 Å². The van der Waals surface area contributed by atoms with E-state index in [2.05, 4.69) is 20.8 Å². The fraction of sp³-hybridized carbons (Fsp3) is 0.250. The van der Waals surface area contributed by atoms with Crippen molar-refractivity contribution < 1.29 is 13.2 Å². The fourth-order valence-electron chi connectivity index (χ4n) is 1.34. The van der Waals surface area contributed by atoms with E-state index < -0.39 is 17.5 Å². The Kier molecular flexibility index (Phi) is 2.44. The van der Waals surface area contributed by atoms with Crippen molar-refractivity contribution in [3.8, 4) is 0 Å². The summed E-state index contributed by atoms with van der Waals surface area (Å²) in [6, 6.07) is 1.67. The molecule has 17 heavy (non-hydrogen) atoms. The number of aromatic nitrogens is 1. The summed E-state index contributed by atoms with van der Waals surface area (Å²) in [5, 5.41) is 0. The third-order valence-electron chi connectivity index (χ3n) is 2.16. The highest BCUT2D eigenvalue weighted by Gasteiger charge is 2.36. The third-order valence-corrected chi connectivity index (χ3v) is 2.16. The molecule has 2 rings (SSSR count). The Morgan fingerprint density at radius 3 is 2.59 bits per heavy atom. The van der Waals surface area contributed by atoms with Crippen molar-refractivity contribution in [2.45, 2.75) is 12.0 Å². The molecule has 0 fully saturated rings. The van der Waals surface area contributed by atoms with E-state index >= 15 is 0 Å². The number of pyridine rings is 1. The molecular weight excluding hydrogens is 237 g/mol. The number of aliphatic imine (C=N–C) groups is 1. The first kappa shape index (κ1) is 11.6. The van der Waals surface area contributed by atoms with Gasteiger partial charge in [-0.2, -0.15) is 18.6 Å². The molecule has 0 amide bonds. The van der Waals surface area contributed by atoms with Gasteiger partial charge in [0.1, 0.15) is 5.69 Å². The van der Waals surface area contributed by atoms with Gasteiger partial charge < -0.3 is 5.73 Å². The Morgan fingerprint density at radius 1 is 1.35 bits per heavy atom. The van der Waals surface area contributed by atoms with Crippen LogP contribution in [0, 0.1) is 0 Å². The van der Waals surface area contributed by atoms with Crippen LogP contribution >= 0.6 is 0 Å². The van der Waals surface area contributed by atoms with E-state index in [9.17, 15) is 13.2 Å². The van der Waals surface area contributed by atoms with E-state index in [1.165, 1.54) is 0 Å². The lowest BCUT2D eigenvalue weighted by Crippen LogP contribution is -2.51. The van der Waals surface area contributed by atoms with Crippen LogP contribution < -0.4 is 22.3 Å². The lowest BCUT2D eigenvalue weighted by molar-refractivity contribution is -0.137. The van der Waals surface area contributed by atoms with E-state index in [1.807, 2.05) is 0 Å². The molecule has 0 saturated carbocycles. The molecule has 1 aromatic heterocycles. The zero-order valence-corrected chi connectivity index (χ0v) is 8.42. The van der Waals surface area contributed by atoms with Crippen LogP contribution in [-0.2, 0) is 12.0 Å². The number of halogens is 3. The minimum atomic E-state index is -4.46. The number of hydrogen-bond donors (Lipinski definition) is 4. The molecule has 6 nitrogen and oxygen atoms in total. The third kappa shape index (κ3) is 2.15. The van der Waals surface area contributed by atoms with Gasteiger partial charge in [-0.1, -0.05) is 0 Å². The van der Waals surface area contributed by atoms with Gasteiger partial charge in [-0.25, -0.2) is 4.99 Å².